The maximum Gasteiger partial charge on any atom is 0.416 e. The van der Waals surface area contributed by atoms with Gasteiger partial charge in [0.25, 0.3) is 0 Å². The molecule has 3 rings (SSSR count). The SMILES string of the molecule is COC(=O)c1ccc(-c2ccc(/C=N/NC(=O)NNc3ccc(C(F)(F)F)cc3)o2)cc1C. The number of benzene rings is 2. The van der Waals surface area contributed by atoms with Crippen LogP contribution in [0.15, 0.2) is 64.1 Å². The van der Waals surface area contributed by atoms with E-state index in [-0.39, 0.29) is 5.69 Å². The summed E-state index contributed by atoms with van der Waals surface area (Å²) >= 11 is 0. The minimum atomic E-state index is -4.44. The molecule has 1 heterocycles. The highest BCUT2D eigenvalue weighted by atomic mass is 19.4. The molecule has 0 saturated heterocycles. The Labute approximate surface area is 186 Å². The lowest BCUT2D eigenvalue weighted by molar-refractivity contribution is -0.137. The smallest absolute Gasteiger partial charge is 0.416 e. The highest BCUT2D eigenvalue weighted by Gasteiger charge is 2.29. The lowest BCUT2D eigenvalue weighted by atomic mass is 10.0. The highest BCUT2D eigenvalue weighted by molar-refractivity contribution is 5.91. The Hall–Kier alpha value is -4.28. The number of ether oxygens (including phenoxy) is 1. The second kappa shape index (κ2) is 9.90. The molecule has 0 saturated carbocycles. The molecule has 3 N–H and O–H groups in total. The Morgan fingerprint density at radius 1 is 1.06 bits per heavy atom. The van der Waals surface area contributed by atoms with Crippen LogP contribution in [-0.2, 0) is 10.9 Å². The van der Waals surface area contributed by atoms with Crippen LogP contribution in [-0.4, -0.2) is 25.3 Å². The number of hydrogen-bond acceptors (Lipinski definition) is 6. The summed E-state index contributed by atoms with van der Waals surface area (Å²) in [6, 6.07) is 11.9. The van der Waals surface area contributed by atoms with Crippen molar-refractivity contribution in [3.05, 3.63) is 77.0 Å². The molecule has 8 nitrogen and oxygen atoms in total. The van der Waals surface area contributed by atoms with Gasteiger partial charge < -0.3 is 9.15 Å². The molecule has 0 fully saturated rings. The molecule has 3 aromatic rings. The number of esters is 1. The molecule has 172 valence electrons. The Bertz CT molecular complexity index is 1170. The van der Waals surface area contributed by atoms with E-state index in [1.54, 1.807) is 37.3 Å². The van der Waals surface area contributed by atoms with Crippen LogP contribution < -0.4 is 16.3 Å². The first kappa shape index (κ1) is 23.4. The van der Waals surface area contributed by atoms with Crippen molar-refractivity contribution in [2.24, 2.45) is 5.10 Å². The van der Waals surface area contributed by atoms with Gasteiger partial charge in [-0.05, 0) is 61.0 Å². The fourth-order valence-electron chi connectivity index (χ4n) is 2.79. The summed E-state index contributed by atoms with van der Waals surface area (Å²) < 4.78 is 48.0. The van der Waals surface area contributed by atoms with Gasteiger partial charge in [-0.15, -0.1) is 0 Å². The zero-order valence-corrected chi connectivity index (χ0v) is 17.5. The van der Waals surface area contributed by atoms with Crippen molar-refractivity contribution in [1.29, 1.82) is 0 Å². The molecule has 1 aromatic heterocycles. The first-order valence-electron chi connectivity index (χ1n) is 9.49. The number of hydrazine groups is 1. The van der Waals surface area contributed by atoms with Gasteiger partial charge in [0.05, 0.1) is 30.1 Å². The number of aryl methyl sites for hydroxylation is 1. The molecule has 0 aliphatic heterocycles. The van der Waals surface area contributed by atoms with Crippen LogP contribution in [0, 0.1) is 6.92 Å². The molecule has 0 unspecified atom stereocenters. The number of rotatable bonds is 6. The van der Waals surface area contributed by atoms with Crippen molar-refractivity contribution in [3.8, 4) is 11.3 Å². The predicted octanol–water partition coefficient (Wildman–Crippen LogP) is 4.72. The first-order chi connectivity index (χ1) is 15.7. The number of furan rings is 1. The summed E-state index contributed by atoms with van der Waals surface area (Å²) in [5.74, 6) is 0.462. The van der Waals surface area contributed by atoms with E-state index in [9.17, 15) is 22.8 Å². The van der Waals surface area contributed by atoms with Crippen LogP contribution >= 0.6 is 0 Å². The van der Waals surface area contributed by atoms with Crippen molar-refractivity contribution in [1.82, 2.24) is 10.9 Å². The van der Waals surface area contributed by atoms with Crippen LogP contribution in [0.1, 0.15) is 27.2 Å². The zero-order chi connectivity index (χ0) is 24.0. The molecule has 0 bridgehead atoms. The van der Waals surface area contributed by atoms with Gasteiger partial charge in [-0.25, -0.2) is 15.0 Å². The summed E-state index contributed by atoms with van der Waals surface area (Å²) in [5, 5.41) is 3.74. The number of alkyl halides is 3. The normalized spacial score (nSPS) is 11.3. The Kier molecular flexibility index (Phi) is 7.01. The monoisotopic (exact) mass is 460 g/mol. The Morgan fingerprint density at radius 2 is 1.79 bits per heavy atom. The average Bonchev–Trinajstić information content (AvgIpc) is 3.26. The number of carbonyl (C=O) groups excluding carboxylic acids is 2. The van der Waals surface area contributed by atoms with Gasteiger partial charge in [0.15, 0.2) is 0 Å². The second-order valence-electron chi connectivity index (χ2n) is 6.75. The van der Waals surface area contributed by atoms with Gasteiger partial charge in [0.2, 0.25) is 0 Å². The third-order valence-electron chi connectivity index (χ3n) is 4.43. The predicted molar refractivity (Wildman–Crippen MR) is 115 cm³/mol. The lowest BCUT2D eigenvalue weighted by Gasteiger charge is -2.10. The molecule has 0 aliphatic carbocycles. The number of halogens is 3. The zero-order valence-electron chi connectivity index (χ0n) is 17.5. The summed E-state index contributed by atoms with van der Waals surface area (Å²) in [6.07, 6.45) is -3.16. The van der Waals surface area contributed by atoms with Gasteiger partial charge in [0.1, 0.15) is 11.5 Å². The molecular formula is C22H19F3N4O4. The lowest BCUT2D eigenvalue weighted by Crippen LogP contribution is -2.36. The Morgan fingerprint density at radius 3 is 2.42 bits per heavy atom. The second-order valence-corrected chi connectivity index (χ2v) is 6.75. The van der Waals surface area contributed by atoms with Crippen molar-refractivity contribution < 1.29 is 31.9 Å². The van der Waals surface area contributed by atoms with E-state index >= 15 is 0 Å². The van der Waals surface area contributed by atoms with Crippen LogP contribution in [0.3, 0.4) is 0 Å². The van der Waals surface area contributed by atoms with E-state index in [2.05, 4.69) is 21.4 Å². The standard InChI is InChI=1S/C22H19F3N4O4/c1-13-11-14(3-9-18(13)20(30)32-2)19-10-8-17(33-19)12-26-28-21(31)29-27-16-6-4-15(5-7-16)22(23,24)25/h3-12,27H,1-2H3,(H2,28,29,31)/b26-12+. The number of nitrogens with zero attached hydrogens (tertiary/aromatic N) is 1. The van der Waals surface area contributed by atoms with E-state index < -0.39 is 23.7 Å². The number of hydrogen-bond donors (Lipinski definition) is 3. The molecular weight excluding hydrogens is 441 g/mol. The molecule has 2 aromatic carbocycles. The fraction of sp³-hybridized carbons (Fsp3) is 0.136. The number of urea groups is 1. The summed E-state index contributed by atoms with van der Waals surface area (Å²) in [7, 11) is 1.31. The fourth-order valence-corrected chi connectivity index (χ4v) is 2.79. The maximum absolute atomic E-state index is 12.5. The van der Waals surface area contributed by atoms with Crippen molar-refractivity contribution in [3.63, 3.8) is 0 Å². The highest BCUT2D eigenvalue weighted by Crippen LogP contribution is 2.29. The molecule has 0 aliphatic rings. The molecule has 0 radical (unpaired) electrons. The largest absolute Gasteiger partial charge is 0.465 e. The molecule has 2 amide bonds. The number of methoxy groups -OCH3 is 1. The number of hydrazone groups is 1. The summed E-state index contributed by atoms with van der Waals surface area (Å²) in [6.45, 7) is 1.78. The van der Waals surface area contributed by atoms with Crippen molar-refractivity contribution in [2.45, 2.75) is 13.1 Å². The minimum absolute atomic E-state index is 0.256. The third-order valence-corrected chi connectivity index (χ3v) is 4.43. The van der Waals surface area contributed by atoms with Crippen molar-refractivity contribution >= 4 is 23.9 Å². The van der Waals surface area contributed by atoms with E-state index in [0.717, 1.165) is 23.3 Å². The van der Waals surface area contributed by atoms with Gasteiger partial charge in [-0.2, -0.15) is 18.3 Å². The first-order valence-corrected chi connectivity index (χ1v) is 9.49. The van der Waals surface area contributed by atoms with Gasteiger partial charge in [-0.1, -0.05) is 6.07 Å². The van der Waals surface area contributed by atoms with Crippen LogP contribution in [0.2, 0.25) is 0 Å². The maximum atomic E-state index is 12.5. The number of nitrogens with one attached hydrogen (secondary N) is 3. The minimum Gasteiger partial charge on any atom is -0.465 e. The van der Waals surface area contributed by atoms with E-state index in [0.29, 0.717) is 17.1 Å². The van der Waals surface area contributed by atoms with Crippen LogP contribution in [0.25, 0.3) is 11.3 Å². The van der Waals surface area contributed by atoms with E-state index in [1.165, 1.54) is 25.5 Å². The summed E-state index contributed by atoms with van der Waals surface area (Å²) in [5.41, 5.74) is 8.26. The van der Waals surface area contributed by atoms with E-state index in [1.807, 2.05) is 0 Å². The quantitative estimate of drug-likeness (QED) is 0.281. The van der Waals surface area contributed by atoms with Crippen LogP contribution in [0.5, 0.6) is 0 Å². The van der Waals surface area contributed by atoms with E-state index in [4.69, 9.17) is 9.15 Å². The average molecular weight is 460 g/mol. The molecule has 0 spiro atoms. The van der Waals surface area contributed by atoms with Gasteiger partial charge >= 0.3 is 18.2 Å². The molecule has 11 heteroatoms. The van der Waals surface area contributed by atoms with Gasteiger partial charge in [-0.3, -0.25) is 10.9 Å². The third kappa shape index (κ3) is 6.12. The van der Waals surface area contributed by atoms with Crippen molar-refractivity contribution in [2.75, 3.05) is 12.5 Å². The topological polar surface area (TPSA) is 105 Å². The number of anilines is 1. The summed E-state index contributed by atoms with van der Waals surface area (Å²) in [4.78, 5) is 23.4. The molecule has 33 heavy (non-hydrogen) atoms. The molecule has 0 atom stereocenters. The Balaban J connectivity index is 1.52. The van der Waals surface area contributed by atoms with Gasteiger partial charge in [0, 0.05) is 5.56 Å². The van der Waals surface area contributed by atoms with Crippen LogP contribution in [0.4, 0.5) is 23.7 Å². The number of carbonyl (C=O) groups is 2. The number of amides is 2.